The standard InChI is InChI=1S/C32H33F2N7O2/c1-18(33)31(42)41-11-10-40(16-21(41)14-35-2)30-26-15-36-28(23-8-4-7-22-24-12-19(24)13-25(22)23)27(34)29(26)37-32(38-30)43-17-20-6-5-9-39(20)3/h4,7-8,15,19-21,24H,1,5-6,9-14,16-17H2,3H3/t19?,20-,21-,24?/m0/s1. The molecule has 0 N–H and O–H groups in total. The van der Waals surface area contributed by atoms with E-state index in [0.717, 1.165) is 31.4 Å². The van der Waals surface area contributed by atoms with Crippen LogP contribution in [0.4, 0.5) is 14.6 Å². The molecule has 1 saturated carbocycles. The molecule has 11 heteroatoms. The van der Waals surface area contributed by atoms with Crippen molar-refractivity contribution in [1.29, 1.82) is 0 Å². The Kier molecular flexibility index (Phi) is 6.96. The molecule has 7 rings (SSSR count). The number of piperazine rings is 1. The van der Waals surface area contributed by atoms with E-state index in [1.807, 2.05) is 17.0 Å². The lowest BCUT2D eigenvalue weighted by atomic mass is 9.96. The van der Waals surface area contributed by atoms with Crippen molar-refractivity contribution in [2.75, 3.05) is 51.3 Å². The van der Waals surface area contributed by atoms with Gasteiger partial charge < -0.3 is 24.3 Å². The van der Waals surface area contributed by atoms with Gasteiger partial charge in [-0.15, -0.1) is 0 Å². The minimum atomic E-state index is -1.06. The molecule has 1 aromatic carbocycles. The second-order valence-electron chi connectivity index (χ2n) is 12.1. The van der Waals surface area contributed by atoms with Gasteiger partial charge in [0.05, 0.1) is 5.39 Å². The molecule has 2 aromatic heterocycles. The number of aromatic nitrogens is 3. The maximum Gasteiger partial charge on any atom is 0.319 e. The highest BCUT2D eigenvalue weighted by Gasteiger charge is 2.46. The van der Waals surface area contributed by atoms with Gasteiger partial charge in [0.1, 0.15) is 29.7 Å². The summed E-state index contributed by atoms with van der Waals surface area (Å²) in [5, 5.41) is 0.415. The third-order valence-corrected chi connectivity index (χ3v) is 9.55. The zero-order valence-corrected chi connectivity index (χ0v) is 24.1. The molecule has 0 radical (unpaired) electrons. The van der Waals surface area contributed by atoms with Gasteiger partial charge in [0.15, 0.2) is 11.6 Å². The summed E-state index contributed by atoms with van der Waals surface area (Å²) in [4.78, 5) is 35.3. The number of carbonyl (C=O) groups is 1. The van der Waals surface area contributed by atoms with Crippen LogP contribution in [0.1, 0.15) is 36.3 Å². The van der Waals surface area contributed by atoms with E-state index in [-0.39, 0.29) is 42.9 Å². The minimum absolute atomic E-state index is 0.0201. The molecule has 9 nitrogen and oxygen atoms in total. The third kappa shape index (κ3) is 4.87. The lowest BCUT2D eigenvalue weighted by molar-refractivity contribution is -0.131. The molecule has 2 saturated heterocycles. The van der Waals surface area contributed by atoms with Crippen LogP contribution >= 0.6 is 0 Å². The zero-order valence-electron chi connectivity index (χ0n) is 24.1. The van der Waals surface area contributed by atoms with Crippen LogP contribution in [0.25, 0.3) is 27.0 Å². The van der Waals surface area contributed by atoms with Gasteiger partial charge in [-0.05, 0) is 62.2 Å². The molecule has 0 spiro atoms. The number of likely N-dealkylation sites (tertiary alicyclic amines) is 1. The first-order valence-electron chi connectivity index (χ1n) is 14.9. The van der Waals surface area contributed by atoms with E-state index in [2.05, 4.69) is 39.4 Å². The Labute approximate surface area is 249 Å². The number of hydrogen-bond acceptors (Lipinski definition) is 7. The molecule has 3 fully saturated rings. The minimum Gasteiger partial charge on any atom is -0.462 e. The van der Waals surface area contributed by atoms with Crippen molar-refractivity contribution in [1.82, 2.24) is 24.8 Å². The Morgan fingerprint density at radius 1 is 1.23 bits per heavy atom. The van der Waals surface area contributed by atoms with Gasteiger partial charge in [-0.2, -0.15) is 9.97 Å². The summed E-state index contributed by atoms with van der Waals surface area (Å²) in [6, 6.07) is 5.73. The van der Waals surface area contributed by atoms with Crippen LogP contribution in [0.15, 0.2) is 36.8 Å². The van der Waals surface area contributed by atoms with Crippen LogP contribution in [-0.2, 0) is 11.2 Å². The number of ether oxygens (including phenoxy) is 1. The van der Waals surface area contributed by atoms with Gasteiger partial charge >= 0.3 is 6.01 Å². The summed E-state index contributed by atoms with van der Waals surface area (Å²) in [6.07, 6.45) is 5.82. The average molecular weight is 586 g/mol. The average Bonchev–Trinajstić information content (AvgIpc) is 3.50. The van der Waals surface area contributed by atoms with Crippen molar-refractivity contribution < 1.29 is 18.3 Å². The summed E-state index contributed by atoms with van der Waals surface area (Å²) >= 11 is 0. The van der Waals surface area contributed by atoms with Gasteiger partial charge in [-0.25, -0.2) is 15.4 Å². The number of halogens is 2. The van der Waals surface area contributed by atoms with Crippen LogP contribution in [0.2, 0.25) is 0 Å². The fourth-order valence-electron chi connectivity index (χ4n) is 7.13. The maximum absolute atomic E-state index is 16.5. The molecule has 4 aliphatic rings. The van der Waals surface area contributed by atoms with Gasteiger partial charge in [-0.3, -0.25) is 9.78 Å². The van der Waals surface area contributed by atoms with Crippen molar-refractivity contribution in [2.45, 2.75) is 43.7 Å². The van der Waals surface area contributed by atoms with E-state index in [1.165, 1.54) is 22.4 Å². The van der Waals surface area contributed by atoms with Crippen LogP contribution < -0.4 is 9.64 Å². The quantitative estimate of drug-likeness (QED) is 0.301. The zero-order chi connectivity index (χ0) is 29.8. The number of hydrogen-bond donors (Lipinski definition) is 0. The van der Waals surface area contributed by atoms with Crippen LogP contribution in [0, 0.1) is 18.3 Å². The van der Waals surface area contributed by atoms with Crippen LogP contribution in [0.5, 0.6) is 6.01 Å². The first kappa shape index (κ1) is 27.7. The molecule has 0 bridgehead atoms. The molecular formula is C32H33F2N7O2. The fraction of sp³-hybridized carbons (Fsp3) is 0.469. The van der Waals surface area contributed by atoms with Gasteiger partial charge in [0, 0.05) is 37.4 Å². The Morgan fingerprint density at radius 2 is 2.09 bits per heavy atom. The first-order chi connectivity index (χ1) is 20.8. The van der Waals surface area contributed by atoms with Gasteiger partial charge in [0.25, 0.3) is 5.91 Å². The number of pyridine rings is 1. The number of amides is 1. The van der Waals surface area contributed by atoms with E-state index in [9.17, 15) is 9.18 Å². The number of fused-ring (bicyclic) bond motifs is 4. The molecule has 4 heterocycles. The Hall–Kier alpha value is -4.17. The SMILES string of the molecule is [C-]#[N+]C[C@H]1CN(c2nc(OC[C@@H]3CCCN3C)nc3c(F)c(-c4cccc5c4CC4CC54)ncc23)CCN1C(=O)C(=C)F. The van der Waals surface area contributed by atoms with E-state index < -0.39 is 23.6 Å². The summed E-state index contributed by atoms with van der Waals surface area (Å²) in [5.41, 5.74) is 3.64. The molecule has 43 heavy (non-hydrogen) atoms. The predicted molar refractivity (Wildman–Crippen MR) is 158 cm³/mol. The van der Waals surface area contributed by atoms with Crippen LogP contribution in [-0.4, -0.2) is 89.1 Å². The molecule has 3 aromatic rings. The number of nitrogens with zero attached hydrogens (tertiary/aromatic N) is 7. The van der Waals surface area contributed by atoms with Gasteiger partial charge in [-0.1, -0.05) is 24.8 Å². The normalized spacial score (nSPS) is 24.5. The largest absolute Gasteiger partial charge is 0.462 e. The summed E-state index contributed by atoms with van der Waals surface area (Å²) in [7, 11) is 2.05. The second-order valence-corrected chi connectivity index (χ2v) is 12.1. The maximum atomic E-state index is 16.5. The summed E-state index contributed by atoms with van der Waals surface area (Å²) in [6.45, 7) is 12.5. The number of benzene rings is 1. The van der Waals surface area contributed by atoms with Crippen molar-refractivity contribution in [2.24, 2.45) is 5.92 Å². The molecule has 2 aliphatic carbocycles. The highest BCUT2D eigenvalue weighted by atomic mass is 19.1. The molecule has 2 aliphatic heterocycles. The highest BCUT2D eigenvalue weighted by Crippen LogP contribution is 2.57. The van der Waals surface area contributed by atoms with E-state index in [1.54, 1.807) is 6.20 Å². The summed E-state index contributed by atoms with van der Waals surface area (Å²) < 4.78 is 36.4. The fourth-order valence-corrected chi connectivity index (χ4v) is 7.13. The van der Waals surface area contributed by atoms with Crippen molar-refractivity contribution in [3.05, 3.63) is 65.2 Å². The predicted octanol–water partition coefficient (Wildman–Crippen LogP) is 4.38. The number of likely N-dealkylation sites (N-methyl/N-ethyl adjacent to an activating group) is 1. The topological polar surface area (TPSA) is 79.1 Å². The highest BCUT2D eigenvalue weighted by molar-refractivity contribution is 5.93. The van der Waals surface area contributed by atoms with Crippen LogP contribution in [0.3, 0.4) is 0 Å². The smallest absolute Gasteiger partial charge is 0.319 e. The van der Waals surface area contributed by atoms with E-state index in [0.29, 0.717) is 36.2 Å². The monoisotopic (exact) mass is 585 g/mol. The molecule has 2 unspecified atom stereocenters. The van der Waals surface area contributed by atoms with Crippen molar-refractivity contribution in [3.8, 4) is 17.3 Å². The molecule has 222 valence electrons. The summed E-state index contributed by atoms with van der Waals surface area (Å²) in [5.74, 6) is -0.782. The Morgan fingerprint density at radius 3 is 2.86 bits per heavy atom. The first-order valence-corrected chi connectivity index (χ1v) is 14.9. The molecule has 4 atom stereocenters. The van der Waals surface area contributed by atoms with Crippen molar-refractivity contribution in [3.63, 3.8) is 0 Å². The Bertz CT molecular complexity index is 1670. The third-order valence-electron chi connectivity index (χ3n) is 9.55. The van der Waals surface area contributed by atoms with Gasteiger partial charge in [0.2, 0.25) is 6.54 Å². The van der Waals surface area contributed by atoms with E-state index in [4.69, 9.17) is 16.3 Å². The number of carbonyl (C=O) groups excluding carboxylic acids is 1. The Balaban J connectivity index is 1.29. The molecule has 1 amide bonds. The molecular weight excluding hydrogens is 552 g/mol. The van der Waals surface area contributed by atoms with Crippen molar-refractivity contribution >= 4 is 22.6 Å². The van der Waals surface area contributed by atoms with E-state index >= 15 is 4.39 Å². The number of rotatable bonds is 7. The lowest BCUT2D eigenvalue weighted by Gasteiger charge is -2.39. The second kappa shape index (κ2) is 10.8. The lowest BCUT2D eigenvalue weighted by Crippen LogP contribution is -2.56. The number of anilines is 1.